The van der Waals surface area contributed by atoms with Crippen LogP contribution < -0.4 is 10.1 Å². The van der Waals surface area contributed by atoms with Gasteiger partial charge in [0.2, 0.25) is 5.91 Å². The molecule has 4 rings (SSSR count). The molecule has 1 amide bonds. The molecular formula is C24H17F6N5O2S. The van der Waals surface area contributed by atoms with E-state index in [0.717, 1.165) is 11.8 Å². The van der Waals surface area contributed by atoms with Crippen molar-refractivity contribution in [3.05, 3.63) is 78.1 Å². The average Bonchev–Trinajstić information content (AvgIpc) is 3.31. The molecule has 2 aromatic heterocycles. The molecule has 0 bridgehead atoms. The van der Waals surface area contributed by atoms with Gasteiger partial charge in [-0.2, -0.15) is 26.3 Å². The fourth-order valence-corrected chi connectivity index (χ4v) is 4.12. The molecule has 0 aliphatic carbocycles. The third-order valence-electron chi connectivity index (χ3n) is 5.11. The average molecular weight is 553 g/mol. The molecule has 7 nitrogen and oxygen atoms in total. The Labute approximate surface area is 215 Å². The molecule has 38 heavy (non-hydrogen) atoms. The molecule has 0 spiro atoms. The first-order chi connectivity index (χ1) is 18.0. The summed E-state index contributed by atoms with van der Waals surface area (Å²) in [6.45, 7) is 0. The lowest BCUT2D eigenvalue weighted by Crippen LogP contribution is -2.17. The Bertz CT molecular complexity index is 1390. The summed E-state index contributed by atoms with van der Waals surface area (Å²) in [5.74, 6) is -0.187. The predicted octanol–water partition coefficient (Wildman–Crippen LogP) is 6.11. The Balaban J connectivity index is 1.59. The monoisotopic (exact) mass is 553 g/mol. The minimum absolute atomic E-state index is 0.0115. The highest BCUT2D eigenvalue weighted by Gasteiger charge is 2.37. The van der Waals surface area contributed by atoms with Crippen molar-refractivity contribution in [2.75, 3.05) is 18.2 Å². The van der Waals surface area contributed by atoms with E-state index < -0.39 is 35.1 Å². The van der Waals surface area contributed by atoms with E-state index in [0.29, 0.717) is 35.0 Å². The van der Waals surface area contributed by atoms with Crippen molar-refractivity contribution in [3.8, 4) is 22.8 Å². The number of nitrogens with zero attached hydrogens (tertiary/aromatic N) is 4. The highest BCUT2D eigenvalue weighted by Crippen LogP contribution is 2.37. The van der Waals surface area contributed by atoms with E-state index in [1.165, 1.54) is 7.11 Å². The molecule has 2 aromatic carbocycles. The number of aromatic nitrogens is 4. The first kappa shape index (κ1) is 27.0. The molecule has 2 heterocycles. The molecule has 0 saturated heterocycles. The first-order valence-electron chi connectivity index (χ1n) is 10.7. The fourth-order valence-electron chi connectivity index (χ4n) is 3.37. The number of thioether (sulfide) groups is 1. The van der Waals surface area contributed by atoms with Gasteiger partial charge < -0.3 is 10.1 Å². The highest BCUT2D eigenvalue weighted by atomic mass is 32.2. The minimum Gasteiger partial charge on any atom is -0.497 e. The van der Waals surface area contributed by atoms with E-state index in [1.807, 2.05) is 0 Å². The lowest BCUT2D eigenvalue weighted by atomic mass is 10.1. The zero-order chi connectivity index (χ0) is 27.5. The summed E-state index contributed by atoms with van der Waals surface area (Å²) in [7, 11) is 1.51. The normalized spacial score (nSPS) is 11.9. The fraction of sp³-hybridized carbons (Fsp3) is 0.167. The first-order valence-corrected chi connectivity index (χ1v) is 11.7. The number of methoxy groups -OCH3 is 1. The van der Waals surface area contributed by atoms with Gasteiger partial charge >= 0.3 is 12.4 Å². The van der Waals surface area contributed by atoms with Crippen molar-refractivity contribution in [2.45, 2.75) is 17.5 Å². The summed E-state index contributed by atoms with van der Waals surface area (Å²) in [5.41, 5.74) is -2.40. The third kappa shape index (κ3) is 6.25. The summed E-state index contributed by atoms with van der Waals surface area (Å²) >= 11 is 0.900. The van der Waals surface area contributed by atoms with Crippen molar-refractivity contribution < 1.29 is 35.9 Å². The summed E-state index contributed by atoms with van der Waals surface area (Å²) in [6, 6.07) is 11.2. The molecule has 0 fully saturated rings. The predicted molar refractivity (Wildman–Crippen MR) is 127 cm³/mol. The van der Waals surface area contributed by atoms with Crippen LogP contribution in [0, 0.1) is 0 Å². The van der Waals surface area contributed by atoms with E-state index in [1.54, 1.807) is 53.4 Å². The van der Waals surface area contributed by atoms with Gasteiger partial charge in [-0.05, 0) is 54.6 Å². The number of alkyl halides is 6. The number of halogens is 6. The third-order valence-corrected chi connectivity index (χ3v) is 6.04. The van der Waals surface area contributed by atoms with Gasteiger partial charge in [0.25, 0.3) is 0 Å². The molecule has 1 N–H and O–H groups in total. The molecule has 0 aliphatic rings. The summed E-state index contributed by atoms with van der Waals surface area (Å²) in [6.07, 6.45) is -6.94. The maximum Gasteiger partial charge on any atom is 0.416 e. The lowest BCUT2D eigenvalue weighted by molar-refractivity contribution is -0.143. The molecule has 0 aliphatic heterocycles. The molecular weight excluding hydrogens is 536 g/mol. The topological polar surface area (TPSA) is 81.9 Å². The van der Waals surface area contributed by atoms with Crippen molar-refractivity contribution >= 4 is 23.4 Å². The number of nitrogens with one attached hydrogen (secondary N) is 1. The van der Waals surface area contributed by atoms with Gasteiger partial charge in [0.1, 0.15) is 5.75 Å². The van der Waals surface area contributed by atoms with Crippen LogP contribution >= 0.6 is 11.8 Å². The Morgan fingerprint density at radius 2 is 1.53 bits per heavy atom. The SMILES string of the molecule is COc1ccc(-n2c(SCC(=O)Nc3cc(C(F)(F)F)cc(C(F)(F)F)c3)nnc2-c2ccncc2)cc1. The Morgan fingerprint density at radius 1 is 0.921 bits per heavy atom. The zero-order valence-electron chi connectivity index (χ0n) is 19.3. The molecule has 198 valence electrons. The number of hydrogen-bond acceptors (Lipinski definition) is 6. The quantitative estimate of drug-likeness (QED) is 0.220. The van der Waals surface area contributed by atoms with Gasteiger partial charge in [-0.25, -0.2) is 0 Å². The number of carbonyl (C=O) groups is 1. The maximum atomic E-state index is 13.1. The van der Waals surface area contributed by atoms with Gasteiger partial charge in [-0.3, -0.25) is 14.3 Å². The van der Waals surface area contributed by atoms with E-state index >= 15 is 0 Å². The smallest absolute Gasteiger partial charge is 0.416 e. The number of anilines is 1. The maximum absolute atomic E-state index is 13.1. The lowest BCUT2D eigenvalue weighted by Gasteiger charge is -2.15. The van der Waals surface area contributed by atoms with Gasteiger partial charge in [0, 0.05) is 29.3 Å². The summed E-state index contributed by atoms with van der Waals surface area (Å²) in [5, 5.41) is 10.7. The van der Waals surface area contributed by atoms with Crippen molar-refractivity contribution in [1.29, 1.82) is 0 Å². The number of amides is 1. The van der Waals surface area contributed by atoms with Crippen LogP contribution in [0.2, 0.25) is 0 Å². The largest absolute Gasteiger partial charge is 0.497 e. The molecule has 0 atom stereocenters. The molecule has 0 saturated carbocycles. The number of ether oxygens (including phenoxy) is 1. The van der Waals surface area contributed by atoms with E-state index in [2.05, 4.69) is 20.5 Å². The van der Waals surface area contributed by atoms with Crippen molar-refractivity contribution in [3.63, 3.8) is 0 Å². The van der Waals surface area contributed by atoms with Crippen molar-refractivity contribution in [2.24, 2.45) is 0 Å². The molecule has 4 aromatic rings. The van der Waals surface area contributed by atoms with Crippen LogP contribution in [0.25, 0.3) is 17.1 Å². The van der Waals surface area contributed by atoms with Crippen LogP contribution in [-0.4, -0.2) is 38.5 Å². The summed E-state index contributed by atoms with van der Waals surface area (Å²) < 4.78 is 85.6. The standard InChI is InChI=1S/C24H17F6N5O2S/c1-37-19-4-2-18(3-5-19)35-21(14-6-8-31-9-7-14)33-34-22(35)38-13-20(36)32-17-11-15(23(25,26)27)10-16(12-17)24(28,29)30/h2-12H,13H2,1H3,(H,32,36). The van der Waals surface area contributed by atoms with Crippen LogP contribution in [0.4, 0.5) is 32.0 Å². The number of rotatable bonds is 7. The highest BCUT2D eigenvalue weighted by molar-refractivity contribution is 7.99. The van der Waals surface area contributed by atoms with E-state index in [9.17, 15) is 31.1 Å². The minimum atomic E-state index is -5.03. The second kappa shape index (κ2) is 10.7. The number of carbonyl (C=O) groups excluding carboxylic acids is 1. The molecule has 14 heteroatoms. The van der Waals surface area contributed by atoms with E-state index in [-0.39, 0.29) is 17.0 Å². The van der Waals surface area contributed by atoms with Crippen LogP contribution in [0.5, 0.6) is 5.75 Å². The zero-order valence-corrected chi connectivity index (χ0v) is 20.2. The van der Waals surface area contributed by atoms with Crippen molar-refractivity contribution in [1.82, 2.24) is 19.7 Å². The number of hydrogen-bond donors (Lipinski definition) is 1. The van der Waals surface area contributed by atoms with E-state index in [4.69, 9.17) is 4.74 Å². The molecule has 0 unspecified atom stereocenters. The van der Waals surface area contributed by atoms with Crippen LogP contribution in [-0.2, 0) is 17.1 Å². The Morgan fingerprint density at radius 3 is 2.08 bits per heavy atom. The summed E-state index contributed by atoms with van der Waals surface area (Å²) in [4.78, 5) is 16.5. The second-order valence-corrected chi connectivity index (χ2v) is 8.65. The van der Waals surface area contributed by atoms with Crippen LogP contribution in [0.3, 0.4) is 0 Å². The van der Waals surface area contributed by atoms with Gasteiger partial charge in [0.05, 0.1) is 24.0 Å². The van der Waals surface area contributed by atoms with Gasteiger partial charge in [0.15, 0.2) is 11.0 Å². The van der Waals surface area contributed by atoms with Gasteiger partial charge in [-0.15, -0.1) is 10.2 Å². The van der Waals surface area contributed by atoms with Crippen LogP contribution in [0.15, 0.2) is 72.1 Å². The van der Waals surface area contributed by atoms with Crippen LogP contribution in [0.1, 0.15) is 11.1 Å². The number of benzene rings is 2. The Hall–Kier alpha value is -4.07. The van der Waals surface area contributed by atoms with Gasteiger partial charge in [-0.1, -0.05) is 11.8 Å². The molecule has 0 radical (unpaired) electrons. The number of pyridine rings is 1. The second-order valence-electron chi connectivity index (χ2n) is 7.71. The Kier molecular flexibility index (Phi) is 7.62.